The number of ether oxygens (including phenoxy) is 1. The molecular weight excluding hydrogens is 250 g/mol. The predicted molar refractivity (Wildman–Crippen MR) is 85.4 cm³/mol. The molecule has 1 rings (SSSR count). The molecule has 1 atom stereocenters. The standard InChI is InChI=1S/C16H29N3O/c1-6-8-17-11-14-9-15(7-2)18-16(10-14)19(4)13(3)12-20-5/h9-10,13,17H,6-8,11-12H2,1-5H3. The summed E-state index contributed by atoms with van der Waals surface area (Å²) in [5.41, 5.74) is 2.45. The minimum atomic E-state index is 0.316. The smallest absolute Gasteiger partial charge is 0.129 e. The third-order valence-electron chi connectivity index (χ3n) is 3.47. The molecule has 0 amide bonds. The highest BCUT2D eigenvalue weighted by atomic mass is 16.5. The summed E-state index contributed by atoms with van der Waals surface area (Å²) in [5, 5.41) is 3.45. The van der Waals surface area contributed by atoms with E-state index in [0.717, 1.165) is 37.4 Å². The van der Waals surface area contributed by atoms with Gasteiger partial charge in [0.2, 0.25) is 0 Å². The first-order valence-corrected chi connectivity index (χ1v) is 7.54. The summed E-state index contributed by atoms with van der Waals surface area (Å²) in [6.45, 7) is 9.14. The molecule has 0 bridgehead atoms. The largest absolute Gasteiger partial charge is 0.383 e. The maximum absolute atomic E-state index is 5.23. The molecule has 0 aliphatic carbocycles. The van der Waals surface area contributed by atoms with E-state index in [1.165, 1.54) is 5.56 Å². The zero-order chi connectivity index (χ0) is 15.0. The second-order valence-electron chi connectivity index (χ2n) is 5.27. The van der Waals surface area contributed by atoms with Crippen molar-refractivity contribution in [1.29, 1.82) is 0 Å². The molecule has 20 heavy (non-hydrogen) atoms. The van der Waals surface area contributed by atoms with Crippen LogP contribution in [0.15, 0.2) is 12.1 Å². The lowest BCUT2D eigenvalue weighted by Gasteiger charge is -2.26. The van der Waals surface area contributed by atoms with Gasteiger partial charge in [0.25, 0.3) is 0 Å². The SMILES string of the molecule is CCCNCc1cc(CC)nc(N(C)C(C)COC)c1. The number of methoxy groups -OCH3 is 1. The quantitative estimate of drug-likeness (QED) is 0.705. The van der Waals surface area contributed by atoms with Crippen LogP contribution in [-0.4, -0.2) is 38.3 Å². The number of nitrogens with zero attached hydrogens (tertiary/aromatic N) is 2. The number of pyridine rings is 1. The maximum atomic E-state index is 5.23. The average Bonchev–Trinajstić information content (AvgIpc) is 2.46. The molecule has 0 aliphatic rings. The molecule has 0 fully saturated rings. The molecule has 1 heterocycles. The summed E-state index contributed by atoms with van der Waals surface area (Å²) in [6, 6.07) is 4.69. The second-order valence-corrected chi connectivity index (χ2v) is 5.27. The van der Waals surface area contributed by atoms with Gasteiger partial charge in [0.1, 0.15) is 5.82 Å². The molecule has 4 nitrogen and oxygen atoms in total. The first kappa shape index (κ1) is 16.9. The fraction of sp³-hybridized carbons (Fsp3) is 0.688. The van der Waals surface area contributed by atoms with Gasteiger partial charge < -0.3 is 15.0 Å². The average molecular weight is 279 g/mol. The van der Waals surface area contributed by atoms with Crippen LogP contribution in [0.3, 0.4) is 0 Å². The number of nitrogens with one attached hydrogen (secondary N) is 1. The van der Waals surface area contributed by atoms with Crippen LogP contribution in [0.4, 0.5) is 5.82 Å². The van der Waals surface area contributed by atoms with Crippen molar-refractivity contribution in [2.24, 2.45) is 0 Å². The third-order valence-corrected chi connectivity index (χ3v) is 3.47. The minimum Gasteiger partial charge on any atom is -0.383 e. The van der Waals surface area contributed by atoms with Gasteiger partial charge in [-0.25, -0.2) is 4.98 Å². The van der Waals surface area contributed by atoms with Crippen molar-refractivity contribution in [3.63, 3.8) is 0 Å². The Bertz CT molecular complexity index is 395. The summed E-state index contributed by atoms with van der Waals surface area (Å²) >= 11 is 0. The maximum Gasteiger partial charge on any atom is 0.129 e. The van der Waals surface area contributed by atoms with E-state index in [-0.39, 0.29) is 0 Å². The lowest BCUT2D eigenvalue weighted by atomic mass is 10.1. The van der Waals surface area contributed by atoms with E-state index in [0.29, 0.717) is 12.6 Å². The van der Waals surface area contributed by atoms with E-state index in [1.807, 2.05) is 0 Å². The van der Waals surface area contributed by atoms with Crippen LogP contribution in [0.5, 0.6) is 0 Å². The Kier molecular flexibility index (Phi) is 7.55. The van der Waals surface area contributed by atoms with Crippen LogP contribution in [0.25, 0.3) is 0 Å². The number of anilines is 1. The molecule has 4 heteroatoms. The second kappa shape index (κ2) is 8.93. The Morgan fingerprint density at radius 1 is 1.35 bits per heavy atom. The number of rotatable bonds is 9. The molecule has 0 saturated carbocycles. The Morgan fingerprint density at radius 2 is 2.10 bits per heavy atom. The molecule has 1 unspecified atom stereocenters. The highest BCUT2D eigenvalue weighted by Gasteiger charge is 2.12. The molecule has 0 radical (unpaired) electrons. The van der Waals surface area contributed by atoms with Gasteiger partial charge >= 0.3 is 0 Å². The summed E-state index contributed by atoms with van der Waals surface area (Å²) in [5.74, 6) is 1.03. The lowest BCUT2D eigenvalue weighted by Crippen LogP contribution is -2.33. The summed E-state index contributed by atoms with van der Waals surface area (Å²) in [7, 11) is 3.81. The van der Waals surface area contributed by atoms with Gasteiger partial charge in [-0.15, -0.1) is 0 Å². The normalized spacial score (nSPS) is 12.4. The van der Waals surface area contributed by atoms with Crippen molar-refractivity contribution in [3.05, 3.63) is 23.4 Å². The van der Waals surface area contributed by atoms with E-state index < -0.39 is 0 Å². The molecule has 0 spiro atoms. The molecule has 1 N–H and O–H groups in total. The Balaban J connectivity index is 2.86. The van der Waals surface area contributed by atoms with Gasteiger partial charge in [-0.1, -0.05) is 13.8 Å². The van der Waals surface area contributed by atoms with Crippen molar-refractivity contribution in [2.45, 2.75) is 46.2 Å². The molecule has 0 saturated heterocycles. The molecule has 1 aromatic rings. The number of hydrogen-bond donors (Lipinski definition) is 1. The first-order valence-electron chi connectivity index (χ1n) is 7.54. The highest BCUT2D eigenvalue weighted by molar-refractivity contribution is 5.43. The number of aromatic nitrogens is 1. The number of aryl methyl sites for hydroxylation is 1. The monoisotopic (exact) mass is 279 g/mol. The van der Waals surface area contributed by atoms with Crippen molar-refractivity contribution < 1.29 is 4.74 Å². The molecule has 114 valence electrons. The number of hydrogen-bond acceptors (Lipinski definition) is 4. The van der Waals surface area contributed by atoms with Crippen molar-refractivity contribution in [2.75, 3.05) is 32.2 Å². The van der Waals surface area contributed by atoms with E-state index in [9.17, 15) is 0 Å². The Labute approximate surface area is 123 Å². The van der Waals surface area contributed by atoms with Crippen LogP contribution < -0.4 is 10.2 Å². The summed E-state index contributed by atoms with van der Waals surface area (Å²) in [4.78, 5) is 6.91. The third kappa shape index (κ3) is 5.10. The zero-order valence-corrected chi connectivity index (χ0v) is 13.6. The van der Waals surface area contributed by atoms with Gasteiger partial charge in [0, 0.05) is 26.4 Å². The molecular formula is C16H29N3O. The molecule has 1 aromatic heterocycles. The van der Waals surface area contributed by atoms with Crippen molar-refractivity contribution >= 4 is 5.82 Å². The van der Waals surface area contributed by atoms with Crippen LogP contribution in [0.1, 0.15) is 38.4 Å². The first-order chi connectivity index (χ1) is 9.62. The molecule has 0 aliphatic heterocycles. The van der Waals surface area contributed by atoms with Crippen molar-refractivity contribution in [1.82, 2.24) is 10.3 Å². The fourth-order valence-electron chi connectivity index (χ4n) is 2.09. The molecule has 0 aromatic carbocycles. The van der Waals surface area contributed by atoms with Crippen molar-refractivity contribution in [3.8, 4) is 0 Å². The van der Waals surface area contributed by atoms with Gasteiger partial charge in [-0.05, 0) is 44.0 Å². The Hall–Kier alpha value is -1.13. The van der Waals surface area contributed by atoms with Crippen LogP contribution >= 0.6 is 0 Å². The van der Waals surface area contributed by atoms with E-state index in [2.05, 4.69) is 50.2 Å². The van der Waals surface area contributed by atoms with Crippen LogP contribution in [-0.2, 0) is 17.7 Å². The van der Waals surface area contributed by atoms with Crippen LogP contribution in [0.2, 0.25) is 0 Å². The van der Waals surface area contributed by atoms with Gasteiger partial charge in [-0.2, -0.15) is 0 Å². The highest BCUT2D eigenvalue weighted by Crippen LogP contribution is 2.17. The van der Waals surface area contributed by atoms with Gasteiger partial charge in [-0.3, -0.25) is 0 Å². The van der Waals surface area contributed by atoms with Gasteiger partial charge in [0.15, 0.2) is 0 Å². The number of likely N-dealkylation sites (N-methyl/N-ethyl adjacent to an activating group) is 1. The topological polar surface area (TPSA) is 37.4 Å². The Morgan fingerprint density at radius 3 is 2.70 bits per heavy atom. The van der Waals surface area contributed by atoms with Gasteiger partial charge in [0.05, 0.1) is 12.6 Å². The van der Waals surface area contributed by atoms with Crippen LogP contribution in [0, 0.1) is 0 Å². The van der Waals surface area contributed by atoms with E-state index in [1.54, 1.807) is 7.11 Å². The minimum absolute atomic E-state index is 0.316. The summed E-state index contributed by atoms with van der Waals surface area (Å²) in [6.07, 6.45) is 2.12. The summed E-state index contributed by atoms with van der Waals surface area (Å²) < 4.78 is 5.23. The van der Waals surface area contributed by atoms with E-state index >= 15 is 0 Å². The lowest BCUT2D eigenvalue weighted by molar-refractivity contribution is 0.183. The fourth-order valence-corrected chi connectivity index (χ4v) is 2.09. The van der Waals surface area contributed by atoms with E-state index in [4.69, 9.17) is 9.72 Å². The predicted octanol–water partition coefficient (Wildman–Crippen LogP) is 2.61. The zero-order valence-electron chi connectivity index (χ0n) is 13.6.